The predicted molar refractivity (Wildman–Crippen MR) is 60.5 cm³/mol. The molecule has 2 nitrogen and oxygen atoms in total. The van der Waals surface area contributed by atoms with Crippen molar-refractivity contribution < 1.29 is 4.57 Å². The zero-order chi connectivity index (χ0) is 10.7. The van der Waals surface area contributed by atoms with Crippen molar-refractivity contribution in [2.24, 2.45) is 7.05 Å². The van der Waals surface area contributed by atoms with Crippen molar-refractivity contribution in [3.05, 3.63) is 54.6 Å². The van der Waals surface area contributed by atoms with Gasteiger partial charge in [0.1, 0.15) is 18.4 Å². The van der Waals surface area contributed by atoms with E-state index in [2.05, 4.69) is 65.1 Å². The highest BCUT2D eigenvalue weighted by Gasteiger charge is 2.15. The molecule has 1 atom stereocenters. The first-order valence-electron chi connectivity index (χ1n) is 5.39. The summed E-state index contributed by atoms with van der Waals surface area (Å²) >= 11 is 0. The molecule has 0 aliphatic heterocycles. The van der Waals surface area contributed by atoms with Gasteiger partial charge in [-0.05, 0) is 12.0 Å². The molecule has 0 bridgehead atoms. The number of hydrogen-bond acceptors (Lipinski definition) is 0. The summed E-state index contributed by atoms with van der Waals surface area (Å²) in [6.07, 6.45) is 7.44. The Balaban J connectivity index is 2.33. The molecule has 0 unspecified atom stereocenters. The molecule has 0 fully saturated rings. The van der Waals surface area contributed by atoms with E-state index >= 15 is 0 Å². The fourth-order valence-corrected chi connectivity index (χ4v) is 1.95. The van der Waals surface area contributed by atoms with Crippen LogP contribution in [0.25, 0.3) is 0 Å². The molecule has 0 aliphatic carbocycles. The molecule has 2 heteroatoms. The molecule has 1 aromatic carbocycles. The van der Waals surface area contributed by atoms with Crippen LogP contribution in [0.4, 0.5) is 0 Å². The van der Waals surface area contributed by atoms with Crippen LogP contribution in [0, 0.1) is 0 Å². The van der Waals surface area contributed by atoms with E-state index in [1.165, 1.54) is 5.56 Å². The van der Waals surface area contributed by atoms with Crippen molar-refractivity contribution in [1.29, 1.82) is 0 Å². The van der Waals surface area contributed by atoms with Gasteiger partial charge in [0.25, 0.3) is 0 Å². The lowest BCUT2D eigenvalue weighted by Gasteiger charge is -2.11. The van der Waals surface area contributed by atoms with Crippen molar-refractivity contribution >= 4 is 0 Å². The molecule has 1 heterocycles. The molecule has 2 aromatic rings. The molecule has 0 aliphatic rings. The van der Waals surface area contributed by atoms with E-state index in [1.807, 2.05) is 7.05 Å². The molecule has 2 rings (SSSR count). The number of hydrogen-bond donors (Lipinski definition) is 0. The fraction of sp³-hybridized carbons (Fsp3) is 0.308. The van der Waals surface area contributed by atoms with Crippen LogP contribution < -0.4 is 4.57 Å². The van der Waals surface area contributed by atoms with Gasteiger partial charge in [0.05, 0.1) is 7.05 Å². The van der Waals surface area contributed by atoms with Crippen LogP contribution in [0.1, 0.15) is 24.9 Å². The van der Waals surface area contributed by atoms with E-state index in [1.54, 1.807) is 0 Å². The van der Waals surface area contributed by atoms with Gasteiger partial charge >= 0.3 is 0 Å². The van der Waals surface area contributed by atoms with Crippen molar-refractivity contribution in [3.8, 4) is 0 Å². The van der Waals surface area contributed by atoms with Gasteiger partial charge in [-0.1, -0.05) is 37.3 Å². The Kier molecular flexibility index (Phi) is 2.86. The summed E-state index contributed by atoms with van der Waals surface area (Å²) in [6, 6.07) is 11.1. The summed E-state index contributed by atoms with van der Waals surface area (Å²) in [5.74, 6) is 0. The maximum atomic E-state index is 2.26. The van der Waals surface area contributed by atoms with E-state index in [9.17, 15) is 0 Å². The summed E-state index contributed by atoms with van der Waals surface area (Å²) < 4.78 is 4.33. The quantitative estimate of drug-likeness (QED) is 0.674. The number of rotatable bonds is 3. The molecule has 15 heavy (non-hydrogen) atoms. The fourth-order valence-electron chi connectivity index (χ4n) is 1.95. The smallest absolute Gasteiger partial charge is 0.240 e. The third kappa shape index (κ3) is 2.09. The van der Waals surface area contributed by atoms with Gasteiger partial charge in [-0.25, -0.2) is 9.13 Å². The second-order valence-electron chi connectivity index (χ2n) is 3.86. The van der Waals surface area contributed by atoms with Gasteiger partial charge in [0, 0.05) is 0 Å². The molecule has 0 spiro atoms. The van der Waals surface area contributed by atoms with E-state index in [4.69, 9.17) is 0 Å². The van der Waals surface area contributed by atoms with E-state index in [-0.39, 0.29) is 0 Å². The maximum Gasteiger partial charge on any atom is 0.244 e. The summed E-state index contributed by atoms with van der Waals surface area (Å²) in [5, 5.41) is 0. The normalized spacial score (nSPS) is 12.7. The van der Waals surface area contributed by atoms with Crippen molar-refractivity contribution in [2.45, 2.75) is 19.4 Å². The standard InChI is InChI=1S/C13H17N2/c1-3-13(12-7-5-4-6-8-12)15-10-9-14(2)11-15/h4-11,13H,3H2,1-2H3/q+1/t13-/m0/s1. The Hall–Kier alpha value is -1.57. The zero-order valence-electron chi connectivity index (χ0n) is 9.30. The van der Waals surface area contributed by atoms with Gasteiger partial charge in [0.15, 0.2) is 0 Å². The Bertz CT molecular complexity index is 417. The highest BCUT2D eigenvalue weighted by molar-refractivity contribution is 5.19. The van der Waals surface area contributed by atoms with Crippen LogP contribution in [0.15, 0.2) is 49.1 Å². The lowest BCUT2D eigenvalue weighted by Crippen LogP contribution is -2.24. The molecule has 0 saturated carbocycles. The number of imidazole rings is 1. The average Bonchev–Trinajstić information content (AvgIpc) is 2.68. The Labute approximate surface area is 90.8 Å². The van der Waals surface area contributed by atoms with E-state index in [0.29, 0.717) is 6.04 Å². The van der Waals surface area contributed by atoms with Gasteiger partial charge < -0.3 is 0 Å². The Morgan fingerprint density at radius 3 is 2.53 bits per heavy atom. The van der Waals surface area contributed by atoms with Gasteiger partial charge in [-0.15, -0.1) is 0 Å². The lowest BCUT2D eigenvalue weighted by molar-refractivity contribution is -0.671. The third-order valence-corrected chi connectivity index (χ3v) is 2.72. The van der Waals surface area contributed by atoms with Gasteiger partial charge in [-0.3, -0.25) is 0 Å². The first kappa shape index (κ1) is 9.97. The van der Waals surface area contributed by atoms with Crippen LogP contribution in [-0.4, -0.2) is 4.57 Å². The minimum Gasteiger partial charge on any atom is -0.240 e. The highest BCUT2D eigenvalue weighted by Crippen LogP contribution is 2.20. The molecule has 0 amide bonds. The molecule has 0 radical (unpaired) electrons. The summed E-state index contributed by atoms with van der Waals surface area (Å²) in [4.78, 5) is 0. The topological polar surface area (TPSA) is 8.81 Å². The molecular formula is C13H17N2+. The molecule has 0 N–H and O–H groups in total. The van der Waals surface area contributed by atoms with Crippen LogP contribution in [-0.2, 0) is 7.05 Å². The molecule has 78 valence electrons. The minimum absolute atomic E-state index is 0.451. The zero-order valence-corrected chi connectivity index (χ0v) is 9.30. The monoisotopic (exact) mass is 201 g/mol. The van der Waals surface area contributed by atoms with Crippen molar-refractivity contribution in [3.63, 3.8) is 0 Å². The number of nitrogens with zero attached hydrogens (tertiary/aromatic N) is 2. The van der Waals surface area contributed by atoms with E-state index in [0.717, 1.165) is 6.42 Å². The number of aromatic nitrogens is 2. The lowest BCUT2D eigenvalue weighted by atomic mass is 10.0. The average molecular weight is 201 g/mol. The Morgan fingerprint density at radius 1 is 1.27 bits per heavy atom. The summed E-state index contributed by atoms with van der Waals surface area (Å²) in [5.41, 5.74) is 1.37. The first-order valence-corrected chi connectivity index (χ1v) is 5.39. The minimum atomic E-state index is 0.451. The largest absolute Gasteiger partial charge is 0.244 e. The van der Waals surface area contributed by atoms with Gasteiger partial charge in [0.2, 0.25) is 6.33 Å². The molecule has 0 saturated heterocycles. The second kappa shape index (κ2) is 4.30. The first-order chi connectivity index (χ1) is 7.31. The highest BCUT2D eigenvalue weighted by atomic mass is 15.1. The van der Waals surface area contributed by atoms with E-state index < -0.39 is 0 Å². The third-order valence-electron chi connectivity index (χ3n) is 2.72. The van der Waals surface area contributed by atoms with Crippen molar-refractivity contribution in [2.75, 3.05) is 0 Å². The summed E-state index contributed by atoms with van der Waals surface area (Å²) in [7, 11) is 2.05. The molecule has 1 aromatic heterocycles. The van der Waals surface area contributed by atoms with Crippen LogP contribution in [0.2, 0.25) is 0 Å². The maximum absolute atomic E-state index is 2.26. The SMILES string of the molecule is CC[C@@H](c1ccccc1)n1cc[n+](C)c1. The van der Waals surface area contributed by atoms with Crippen LogP contribution >= 0.6 is 0 Å². The van der Waals surface area contributed by atoms with Crippen LogP contribution in [0.3, 0.4) is 0 Å². The predicted octanol–water partition coefficient (Wildman–Crippen LogP) is 2.31. The van der Waals surface area contributed by atoms with Crippen molar-refractivity contribution in [1.82, 2.24) is 4.57 Å². The van der Waals surface area contributed by atoms with Gasteiger partial charge in [-0.2, -0.15) is 0 Å². The molecular weight excluding hydrogens is 184 g/mol. The number of benzene rings is 1. The second-order valence-corrected chi connectivity index (χ2v) is 3.86. The summed E-state index contributed by atoms with van der Waals surface area (Å²) in [6.45, 7) is 2.22. The Morgan fingerprint density at radius 2 is 2.00 bits per heavy atom. The number of aryl methyl sites for hydroxylation is 1. The van der Waals surface area contributed by atoms with Crippen LogP contribution in [0.5, 0.6) is 0 Å².